The molecule has 2 aliphatic rings. The number of para-hydroxylation sites is 1. The van der Waals surface area contributed by atoms with E-state index in [1.807, 2.05) is 12.4 Å². The highest BCUT2D eigenvalue weighted by molar-refractivity contribution is 6.18. The monoisotopic (exact) mass is 692 g/mol. The average Bonchev–Trinajstić information content (AvgIpc) is 3.61. The average molecular weight is 693 g/mol. The third kappa shape index (κ3) is 5.00. The van der Waals surface area contributed by atoms with E-state index in [4.69, 9.17) is 4.42 Å². The Morgan fingerprint density at radius 3 is 2.24 bits per heavy atom. The van der Waals surface area contributed by atoms with E-state index in [9.17, 15) is 0 Å². The predicted octanol–water partition coefficient (Wildman–Crippen LogP) is 13.4. The second-order valence-electron chi connectivity index (χ2n) is 14.6. The van der Waals surface area contributed by atoms with Crippen LogP contribution in [-0.2, 0) is 0 Å². The van der Waals surface area contributed by atoms with E-state index in [2.05, 4.69) is 180 Å². The molecule has 2 unspecified atom stereocenters. The van der Waals surface area contributed by atoms with Crippen LogP contribution >= 0.6 is 0 Å². The van der Waals surface area contributed by atoms with Crippen molar-refractivity contribution in [3.8, 4) is 0 Å². The van der Waals surface area contributed by atoms with Gasteiger partial charge in [-0.3, -0.25) is 4.98 Å². The summed E-state index contributed by atoms with van der Waals surface area (Å²) in [6.07, 6.45) is 20.0. The van der Waals surface area contributed by atoms with Crippen LogP contribution in [0.4, 0.5) is 5.69 Å². The number of anilines is 1. The van der Waals surface area contributed by atoms with Crippen LogP contribution in [0.1, 0.15) is 29.9 Å². The topological polar surface area (TPSA) is 29.3 Å². The molecule has 3 heteroatoms. The molecule has 3 nitrogen and oxygen atoms in total. The first kappa shape index (κ1) is 30.9. The van der Waals surface area contributed by atoms with E-state index in [0.717, 1.165) is 51.2 Å². The molecule has 0 amide bonds. The number of pyridine rings is 1. The first-order valence-corrected chi connectivity index (χ1v) is 18.9. The Kier molecular flexibility index (Phi) is 7.12. The highest BCUT2D eigenvalue weighted by Crippen LogP contribution is 2.45. The van der Waals surface area contributed by atoms with Gasteiger partial charge in [0.1, 0.15) is 5.58 Å². The number of benzene rings is 7. The van der Waals surface area contributed by atoms with Gasteiger partial charge in [-0.2, -0.15) is 0 Å². The van der Waals surface area contributed by atoms with Gasteiger partial charge in [0.25, 0.3) is 0 Å². The SMILES string of the molecule is C1=CC(c2cc3ccccc3c3ccccc23)=CC(N(C2=CCC(c3ccc4ccccc4c3)C=C2)c2c3ccncc3cc3c2oc2ccccc23)C1. The lowest BCUT2D eigenvalue weighted by molar-refractivity contribution is 0.663. The number of allylic oxidation sites excluding steroid dienone is 5. The Hall–Kier alpha value is -6.71. The molecule has 7 aromatic carbocycles. The lowest BCUT2D eigenvalue weighted by Gasteiger charge is -2.36. The minimum Gasteiger partial charge on any atom is -0.454 e. The molecule has 0 radical (unpaired) electrons. The van der Waals surface area contributed by atoms with Crippen LogP contribution < -0.4 is 4.90 Å². The second-order valence-corrected chi connectivity index (χ2v) is 14.6. The molecule has 2 atom stereocenters. The van der Waals surface area contributed by atoms with Crippen LogP contribution in [0.25, 0.3) is 70.6 Å². The van der Waals surface area contributed by atoms with E-state index < -0.39 is 0 Å². The van der Waals surface area contributed by atoms with Crippen LogP contribution in [0.2, 0.25) is 0 Å². The standard InChI is InChI=1S/C51H36N2O/c1-2-11-35-28-36(21-20-33(35)10-1)34-22-24-40(25-23-34)53(50-43-26-27-52-32-39(43)31-48-46-18-7-8-19-49(46)54-51(48)50)41-14-9-13-37(29-41)47-30-38-12-3-4-15-42(38)44-16-5-6-17-45(44)47/h1-13,15-22,24-32,34,41H,14,23H2. The van der Waals surface area contributed by atoms with Gasteiger partial charge in [-0.25, -0.2) is 0 Å². The van der Waals surface area contributed by atoms with E-state index >= 15 is 0 Å². The molecule has 54 heavy (non-hydrogen) atoms. The zero-order valence-corrected chi connectivity index (χ0v) is 29.7. The fourth-order valence-electron chi connectivity index (χ4n) is 8.92. The first-order valence-electron chi connectivity index (χ1n) is 18.9. The van der Waals surface area contributed by atoms with Crippen LogP contribution in [0.5, 0.6) is 0 Å². The molecular weight excluding hydrogens is 657 g/mol. The maximum absolute atomic E-state index is 6.85. The van der Waals surface area contributed by atoms with Crippen molar-refractivity contribution < 1.29 is 4.42 Å². The van der Waals surface area contributed by atoms with Gasteiger partial charge in [-0.1, -0.05) is 140 Å². The molecule has 0 spiro atoms. The first-order chi connectivity index (χ1) is 26.8. The number of furan rings is 1. The third-order valence-electron chi connectivity index (χ3n) is 11.5. The van der Waals surface area contributed by atoms with Crippen molar-refractivity contribution in [1.29, 1.82) is 0 Å². The molecule has 11 rings (SSSR count). The molecule has 9 aromatic rings. The minimum absolute atomic E-state index is 0.0264. The molecule has 0 N–H and O–H groups in total. The smallest absolute Gasteiger partial charge is 0.159 e. The van der Waals surface area contributed by atoms with Gasteiger partial charge < -0.3 is 9.32 Å². The summed E-state index contributed by atoms with van der Waals surface area (Å²) >= 11 is 0. The highest BCUT2D eigenvalue weighted by Gasteiger charge is 2.29. The van der Waals surface area contributed by atoms with Crippen molar-refractivity contribution in [1.82, 2.24) is 4.98 Å². The zero-order valence-electron chi connectivity index (χ0n) is 29.7. The van der Waals surface area contributed by atoms with Gasteiger partial charge in [-0.15, -0.1) is 0 Å². The van der Waals surface area contributed by atoms with Crippen molar-refractivity contribution in [2.24, 2.45) is 0 Å². The summed E-state index contributed by atoms with van der Waals surface area (Å²) in [5, 5.41) is 12.1. The van der Waals surface area contributed by atoms with Crippen LogP contribution in [0, 0.1) is 0 Å². The number of aromatic nitrogens is 1. The number of rotatable bonds is 5. The summed E-state index contributed by atoms with van der Waals surface area (Å²) in [7, 11) is 0. The Bertz CT molecular complexity index is 3090. The van der Waals surface area contributed by atoms with Crippen molar-refractivity contribution in [3.63, 3.8) is 0 Å². The summed E-state index contributed by atoms with van der Waals surface area (Å²) in [4.78, 5) is 7.13. The lowest BCUT2D eigenvalue weighted by Crippen LogP contribution is -2.34. The lowest BCUT2D eigenvalue weighted by atomic mass is 9.88. The van der Waals surface area contributed by atoms with E-state index in [1.54, 1.807) is 0 Å². The van der Waals surface area contributed by atoms with Gasteiger partial charge in [-0.05, 0) is 92.2 Å². The molecule has 2 heterocycles. The van der Waals surface area contributed by atoms with Gasteiger partial charge in [0, 0.05) is 45.6 Å². The fraction of sp³-hybridized carbons (Fsp3) is 0.0784. The molecule has 2 aliphatic carbocycles. The molecule has 0 aliphatic heterocycles. The predicted molar refractivity (Wildman–Crippen MR) is 227 cm³/mol. The summed E-state index contributed by atoms with van der Waals surface area (Å²) in [5.74, 6) is 0.296. The Labute approximate surface area is 313 Å². The van der Waals surface area contributed by atoms with Crippen molar-refractivity contribution in [2.45, 2.75) is 24.8 Å². The third-order valence-corrected chi connectivity index (χ3v) is 11.5. The van der Waals surface area contributed by atoms with E-state index in [0.29, 0.717) is 5.92 Å². The van der Waals surface area contributed by atoms with Crippen molar-refractivity contribution >= 4 is 76.3 Å². The maximum Gasteiger partial charge on any atom is 0.159 e. The summed E-state index contributed by atoms with van der Waals surface area (Å²) < 4.78 is 6.85. The van der Waals surface area contributed by atoms with E-state index in [1.165, 1.54) is 54.7 Å². The summed E-state index contributed by atoms with van der Waals surface area (Å²) in [5.41, 5.74) is 7.89. The fourth-order valence-corrected chi connectivity index (χ4v) is 8.92. The minimum atomic E-state index is 0.0264. The van der Waals surface area contributed by atoms with Gasteiger partial charge in [0.05, 0.1) is 11.7 Å². The normalized spacial score (nSPS) is 17.2. The number of hydrogen-bond donors (Lipinski definition) is 0. The molecule has 0 saturated carbocycles. The second kappa shape index (κ2) is 12.5. The van der Waals surface area contributed by atoms with Gasteiger partial charge >= 0.3 is 0 Å². The molecule has 2 aromatic heterocycles. The maximum atomic E-state index is 6.85. The number of nitrogens with zero attached hydrogens (tertiary/aromatic N) is 2. The Balaban J connectivity index is 1.10. The van der Waals surface area contributed by atoms with Crippen molar-refractivity contribution in [3.05, 3.63) is 199 Å². The number of fused-ring (bicyclic) bond motifs is 8. The largest absolute Gasteiger partial charge is 0.454 e. The van der Waals surface area contributed by atoms with Crippen LogP contribution in [0.15, 0.2) is 192 Å². The quantitative estimate of drug-likeness (QED) is 0.168. The molecule has 0 saturated heterocycles. The molecule has 0 fully saturated rings. The van der Waals surface area contributed by atoms with Crippen LogP contribution in [0.3, 0.4) is 0 Å². The Morgan fingerprint density at radius 2 is 1.37 bits per heavy atom. The summed E-state index contributed by atoms with van der Waals surface area (Å²) in [6.45, 7) is 0. The molecular formula is C51H36N2O. The Morgan fingerprint density at radius 1 is 0.593 bits per heavy atom. The van der Waals surface area contributed by atoms with Crippen molar-refractivity contribution in [2.75, 3.05) is 4.90 Å². The summed E-state index contributed by atoms with van der Waals surface area (Å²) in [6, 6.07) is 48.3. The zero-order chi connectivity index (χ0) is 35.6. The highest BCUT2D eigenvalue weighted by atomic mass is 16.3. The molecule has 256 valence electrons. The molecule has 0 bridgehead atoms. The van der Waals surface area contributed by atoms with Gasteiger partial charge in [0.2, 0.25) is 0 Å². The van der Waals surface area contributed by atoms with Crippen LogP contribution in [-0.4, -0.2) is 11.0 Å². The van der Waals surface area contributed by atoms with E-state index in [-0.39, 0.29) is 6.04 Å². The number of hydrogen-bond acceptors (Lipinski definition) is 3. The van der Waals surface area contributed by atoms with Gasteiger partial charge in [0.15, 0.2) is 5.58 Å².